The highest BCUT2D eigenvalue weighted by atomic mass is 35.5. The highest BCUT2D eigenvalue weighted by molar-refractivity contribution is 7.92. The van der Waals surface area contributed by atoms with E-state index < -0.39 is 21.6 Å². The van der Waals surface area contributed by atoms with Gasteiger partial charge >= 0.3 is 0 Å². The Morgan fingerprint density at radius 1 is 0.900 bits per heavy atom. The highest BCUT2D eigenvalue weighted by Gasteiger charge is 2.32. The normalized spacial score (nSPS) is 12.4. The van der Waals surface area contributed by atoms with E-state index in [0.717, 1.165) is 17.4 Å². The summed E-state index contributed by atoms with van der Waals surface area (Å²) in [5.41, 5.74) is 1.76. The van der Waals surface area contributed by atoms with E-state index in [9.17, 15) is 18.0 Å². The molecule has 40 heavy (non-hydrogen) atoms. The molecule has 2 amide bonds. The van der Waals surface area contributed by atoms with Crippen molar-refractivity contribution in [2.45, 2.75) is 58.2 Å². The van der Waals surface area contributed by atoms with Crippen LogP contribution in [0.5, 0.6) is 0 Å². The third-order valence-electron chi connectivity index (χ3n) is 6.21. The molecule has 7 nitrogen and oxygen atoms in total. The molecule has 0 aliphatic rings. The molecule has 1 N–H and O–H groups in total. The smallest absolute Gasteiger partial charge is 0.243 e. The molecule has 0 unspecified atom stereocenters. The van der Waals surface area contributed by atoms with E-state index >= 15 is 0 Å². The zero-order valence-corrected chi connectivity index (χ0v) is 25.1. The second-order valence-electron chi connectivity index (χ2n) is 10.9. The minimum Gasteiger partial charge on any atom is -0.350 e. The van der Waals surface area contributed by atoms with Crippen LogP contribution in [-0.2, 0) is 32.6 Å². The summed E-state index contributed by atoms with van der Waals surface area (Å²) in [5, 5.41) is 3.58. The highest BCUT2D eigenvalue weighted by Crippen LogP contribution is 2.21. The number of hydrogen-bond donors (Lipinski definition) is 1. The number of nitrogens with one attached hydrogen (secondary N) is 1. The van der Waals surface area contributed by atoms with Crippen LogP contribution in [0, 0.1) is 0 Å². The molecule has 0 aliphatic heterocycles. The number of amides is 2. The molecule has 0 aromatic heterocycles. The number of anilines is 1. The van der Waals surface area contributed by atoms with Gasteiger partial charge in [-0.1, -0.05) is 72.3 Å². The van der Waals surface area contributed by atoms with Gasteiger partial charge in [0.05, 0.1) is 11.9 Å². The molecule has 3 aromatic carbocycles. The van der Waals surface area contributed by atoms with E-state index in [2.05, 4.69) is 5.32 Å². The summed E-state index contributed by atoms with van der Waals surface area (Å²) in [6.45, 7) is 6.02. The van der Waals surface area contributed by atoms with E-state index in [4.69, 9.17) is 11.6 Å². The van der Waals surface area contributed by atoms with Crippen molar-refractivity contribution >= 4 is 39.1 Å². The van der Waals surface area contributed by atoms with Gasteiger partial charge in [-0.2, -0.15) is 0 Å². The molecule has 0 radical (unpaired) electrons. The minimum atomic E-state index is -3.55. The molecular weight excluding hydrogens is 546 g/mol. The Bertz CT molecular complexity index is 1380. The van der Waals surface area contributed by atoms with Crippen molar-refractivity contribution in [1.29, 1.82) is 0 Å². The SMILES string of the molecule is CC(C)(C)NC(=O)[C@@H](Cc1ccccc1)N(Cc1cccc(Cl)c1)C(=O)CCCN(c1ccccc1)S(C)(=O)=O. The van der Waals surface area contributed by atoms with Gasteiger partial charge in [-0.3, -0.25) is 13.9 Å². The molecule has 0 spiro atoms. The van der Waals surface area contributed by atoms with Gasteiger partial charge in [-0.25, -0.2) is 8.42 Å². The number of halogens is 1. The summed E-state index contributed by atoms with van der Waals surface area (Å²) in [6, 6.07) is 24.8. The topological polar surface area (TPSA) is 86.8 Å². The van der Waals surface area contributed by atoms with Gasteiger partial charge in [-0.05, 0) is 62.6 Å². The van der Waals surface area contributed by atoms with E-state index in [-0.39, 0.29) is 37.7 Å². The third kappa shape index (κ3) is 9.68. The number of hydrogen-bond acceptors (Lipinski definition) is 4. The Labute approximate surface area is 243 Å². The zero-order valence-electron chi connectivity index (χ0n) is 23.5. The molecule has 0 aliphatic carbocycles. The van der Waals surface area contributed by atoms with Crippen LogP contribution in [0.25, 0.3) is 0 Å². The Morgan fingerprint density at radius 2 is 1.50 bits per heavy atom. The van der Waals surface area contributed by atoms with Gasteiger partial charge in [0.1, 0.15) is 6.04 Å². The lowest BCUT2D eigenvalue weighted by Gasteiger charge is -2.34. The number of para-hydroxylation sites is 1. The molecular formula is C31H38ClN3O4S. The van der Waals surface area contributed by atoms with Gasteiger partial charge < -0.3 is 10.2 Å². The molecule has 3 aromatic rings. The molecule has 3 rings (SSSR count). The van der Waals surface area contributed by atoms with Gasteiger partial charge in [0.2, 0.25) is 21.8 Å². The molecule has 1 atom stereocenters. The largest absolute Gasteiger partial charge is 0.350 e. The average molecular weight is 584 g/mol. The fraction of sp³-hybridized carbons (Fsp3) is 0.355. The van der Waals surface area contributed by atoms with Crippen LogP contribution >= 0.6 is 11.6 Å². The van der Waals surface area contributed by atoms with Crippen LogP contribution in [0.1, 0.15) is 44.7 Å². The predicted octanol–water partition coefficient (Wildman–Crippen LogP) is 5.44. The van der Waals surface area contributed by atoms with Crippen LogP contribution in [-0.4, -0.2) is 49.5 Å². The summed E-state index contributed by atoms with van der Waals surface area (Å²) in [7, 11) is -3.55. The van der Waals surface area contributed by atoms with Crippen LogP contribution in [0.4, 0.5) is 5.69 Å². The van der Waals surface area contributed by atoms with E-state index in [1.54, 1.807) is 41.3 Å². The van der Waals surface area contributed by atoms with Gasteiger partial charge in [0.25, 0.3) is 0 Å². The maximum Gasteiger partial charge on any atom is 0.243 e. The number of carbonyl (C=O) groups is 2. The zero-order chi connectivity index (χ0) is 29.3. The lowest BCUT2D eigenvalue weighted by molar-refractivity contribution is -0.142. The quantitative estimate of drug-likeness (QED) is 0.307. The average Bonchev–Trinajstić information content (AvgIpc) is 2.88. The van der Waals surface area contributed by atoms with Crippen molar-refractivity contribution in [3.63, 3.8) is 0 Å². The Morgan fingerprint density at radius 3 is 2.08 bits per heavy atom. The Hall–Kier alpha value is -3.36. The van der Waals surface area contributed by atoms with Crippen LogP contribution < -0.4 is 9.62 Å². The van der Waals surface area contributed by atoms with Crippen molar-refractivity contribution < 1.29 is 18.0 Å². The maximum absolute atomic E-state index is 13.8. The van der Waals surface area contributed by atoms with Gasteiger partial charge in [-0.15, -0.1) is 0 Å². The first-order chi connectivity index (χ1) is 18.8. The number of rotatable bonds is 12. The Kier molecular flexibility index (Phi) is 10.8. The molecule has 0 heterocycles. The fourth-order valence-corrected chi connectivity index (χ4v) is 5.62. The van der Waals surface area contributed by atoms with Crippen molar-refractivity contribution in [1.82, 2.24) is 10.2 Å². The summed E-state index contributed by atoms with van der Waals surface area (Å²) in [4.78, 5) is 29.1. The maximum atomic E-state index is 13.8. The van der Waals surface area contributed by atoms with Crippen molar-refractivity contribution in [3.05, 3.63) is 101 Å². The first-order valence-corrected chi connectivity index (χ1v) is 15.5. The van der Waals surface area contributed by atoms with Crippen molar-refractivity contribution in [2.75, 3.05) is 17.1 Å². The summed E-state index contributed by atoms with van der Waals surface area (Å²) in [6.07, 6.45) is 1.83. The fourth-order valence-electron chi connectivity index (χ4n) is 4.44. The number of benzene rings is 3. The molecule has 0 bridgehead atoms. The minimum absolute atomic E-state index is 0.0630. The molecule has 214 valence electrons. The Balaban J connectivity index is 1.90. The molecule has 9 heteroatoms. The predicted molar refractivity (Wildman–Crippen MR) is 162 cm³/mol. The number of sulfonamides is 1. The monoisotopic (exact) mass is 583 g/mol. The van der Waals surface area contributed by atoms with E-state index in [1.165, 1.54) is 4.31 Å². The summed E-state index contributed by atoms with van der Waals surface area (Å²) >= 11 is 6.24. The standard InChI is InChI=1S/C31H38ClN3O4S/c1-31(2,3)33-30(37)28(22-24-13-7-5-8-14-24)34(23-25-15-11-16-26(32)21-25)29(36)19-12-20-35(40(4,38)39)27-17-9-6-10-18-27/h5-11,13-18,21,28H,12,19-20,22-23H2,1-4H3,(H,33,37)/t28-/m1/s1. The van der Waals surface area contributed by atoms with E-state index in [1.807, 2.05) is 69.3 Å². The molecule has 0 saturated carbocycles. The summed E-state index contributed by atoms with van der Waals surface area (Å²) in [5.74, 6) is -0.500. The summed E-state index contributed by atoms with van der Waals surface area (Å²) < 4.78 is 26.3. The van der Waals surface area contributed by atoms with Gasteiger partial charge in [0.15, 0.2) is 0 Å². The second kappa shape index (κ2) is 13.8. The van der Waals surface area contributed by atoms with Crippen LogP contribution in [0.15, 0.2) is 84.9 Å². The molecule has 0 fully saturated rings. The number of nitrogens with zero attached hydrogens (tertiary/aromatic N) is 2. The van der Waals surface area contributed by atoms with Crippen molar-refractivity contribution in [2.24, 2.45) is 0 Å². The molecule has 0 saturated heterocycles. The number of carbonyl (C=O) groups excluding carboxylic acids is 2. The van der Waals surface area contributed by atoms with Crippen LogP contribution in [0.2, 0.25) is 5.02 Å². The van der Waals surface area contributed by atoms with Crippen LogP contribution in [0.3, 0.4) is 0 Å². The van der Waals surface area contributed by atoms with Gasteiger partial charge in [0, 0.05) is 36.5 Å². The lowest BCUT2D eigenvalue weighted by Crippen LogP contribution is -2.54. The first-order valence-electron chi connectivity index (χ1n) is 13.3. The van der Waals surface area contributed by atoms with Crippen molar-refractivity contribution in [3.8, 4) is 0 Å². The third-order valence-corrected chi connectivity index (χ3v) is 7.64. The lowest BCUT2D eigenvalue weighted by atomic mass is 10.00. The van der Waals surface area contributed by atoms with E-state index in [0.29, 0.717) is 17.1 Å². The second-order valence-corrected chi connectivity index (χ2v) is 13.2. The first kappa shape index (κ1) is 31.2.